The van der Waals surface area contributed by atoms with E-state index >= 15 is 0 Å². The lowest BCUT2D eigenvalue weighted by Gasteiger charge is -2.37. The van der Waals surface area contributed by atoms with Crippen LogP contribution in [0, 0.1) is 5.92 Å². The number of nitrogens with one attached hydrogen (secondary N) is 1. The van der Waals surface area contributed by atoms with Crippen molar-refractivity contribution in [3.05, 3.63) is 24.3 Å². The Hall–Kier alpha value is -1.79. The summed E-state index contributed by atoms with van der Waals surface area (Å²) in [5, 5.41) is 3.09. The van der Waals surface area contributed by atoms with Gasteiger partial charge in [-0.3, -0.25) is 9.69 Å². The van der Waals surface area contributed by atoms with Crippen LogP contribution in [-0.2, 0) is 9.53 Å². The van der Waals surface area contributed by atoms with E-state index in [1.807, 2.05) is 12.1 Å². The highest BCUT2D eigenvalue weighted by atomic mass is 16.5. The molecular formula is C22H35N3O3. The van der Waals surface area contributed by atoms with E-state index in [9.17, 15) is 4.79 Å². The van der Waals surface area contributed by atoms with Gasteiger partial charge in [-0.05, 0) is 56.7 Å². The van der Waals surface area contributed by atoms with Crippen LogP contribution in [0.5, 0.6) is 5.75 Å². The van der Waals surface area contributed by atoms with Crippen molar-refractivity contribution in [2.75, 3.05) is 58.5 Å². The monoisotopic (exact) mass is 389 g/mol. The number of piperazine rings is 1. The highest BCUT2D eigenvalue weighted by molar-refractivity contribution is 5.77. The molecule has 1 aliphatic heterocycles. The van der Waals surface area contributed by atoms with Crippen LogP contribution >= 0.6 is 0 Å². The fourth-order valence-corrected chi connectivity index (χ4v) is 4.46. The molecule has 1 aromatic rings. The number of carbonyl (C=O) groups excluding carboxylic acids is 1. The summed E-state index contributed by atoms with van der Waals surface area (Å²) >= 11 is 0. The minimum atomic E-state index is 0.0128. The summed E-state index contributed by atoms with van der Waals surface area (Å²) in [6, 6.07) is 8.63. The fourth-order valence-electron chi connectivity index (χ4n) is 4.46. The molecule has 0 aromatic heterocycles. The van der Waals surface area contributed by atoms with Gasteiger partial charge in [0.25, 0.3) is 0 Å². The third kappa shape index (κ3) is 5.85. The summed E-state index contributed by atoms with van der Waals surface area (Å²) in [5.74, 6) is 1.77. The number of para-hydroxylation sites is 2. The largest absolute Gasteiger partial charge is 0.495 e. The van der Waals surface area contributed by atoms with Gasteiger partial charge in [-0.1, -0.05) is 12.1 Å². The molecule has 28 heavy (non-hydrogen) atoms. The van der Waals surface area contributed by atoms with E-state index in [0.29, 0.717) is 6.04 Å². The van der Waals surface area contributed by atoms with E-state index in [-0.39, 0.29) is 12.5 Å². The summed E-state index contributed by atoms with van der Waals surface area (Å²) in [6.45, 7) is 5.68. The summed E-state index contributed by atoms with van der Waals surface area (Å²) in [6.07, 6.45) is 5.91. The van der Waals surface area contributed by atoms with Crippen LogP contribution in [-0.4, -0.2) is 70.4 Å². The molecular weight excluding hydrogens is 354 g/mol. The van der Waals surface area contributed by atoms with Crippen LogP contribution in [0.1, 0.15) is 32.1 Å². The van der Waals surface area contributed by atoms with Crippen LogP contribution in [0.2, 0.25) is 0 Å². The number of hydrogen-bond acceptors (Lipinski definition) is 5. The molecule has 0 radical (unpaired) electrons. The Kier molecular flexibility index (Phi) is 7.98. The van der Waals surface area contributed by atoms with Gasteiger partial charge in [0.15, 0.2) is 0 Å². The standard InChI is InChI=1S/C22H35N3O3/c1-27-17-22(26)23-19-9-7-18(8-10-19)11-12-24-13-15-25(16-14-24)20-5-3-4-6-21(20)28-2/h3-6,18-19H,7-17H2,1-2H3,(H,23,26)/t18-,19-. The maximum atomic E-state index is 11.6. The number of ether oxygens (including phenoxy) is 2. The first-order chi connectivity index (χ1) is 13.7. The van der Waals surface area contributed by atoms with Gasteiger partial charge in [-0.15, -0.1) is 0 Å². The molecule has 1 saturated heterocycles. The lowest BCUT2D eigenvalue weighted by molar-refractivity contribution is -0.125. The van der Waals surface area contributed by atoms with Gasteiger partial charge < -0.3 is 19.7 Å². The normalized spacial score (nSPS) is 23.4. The number of methoxy groups -OCH3 is 2. The van der Waals surface area contributed by atoms with Gasteiger partial charge in [0.1, 0.15) is 12.4 Å². The molecule has 1 aliphatic carbocycles. The average molecular weight is 390 g/mol. The number of rotatable bonds is 8. The number of hydrogen-bond donors (Lipinski definition) is 1. The highest BCUT2D eigenvalue weighted by Gasteiger charge is 2.24. The van der Waals surface area contributed by atoms with Gasteiger partial charge in [0, 0.05) is 39.3 Å². The van der Waals surface area contributed by atoms with Gasteiger partial charge >= 0.3 is 0 Å². The van der Waals surface area contributed by atoms with Crippen molar-refractivity contribution in [2.45, 2.75) is 38.1 Å². The number of anilines is 1. The molecule has 6 heteroatoms. The number of benzene rings is 1. The zero-order chi connectivity index (χ0) is 19.8. The molecule has 0 atom stereocenters. The van der Waals surface area contributed by atoms with E-state index in [0.717, 1.165) is 50.7 Å². The Morgan fingerprint density at radius 1 is 1.07 bits per heavy atom. The highest BCUT2D eigenvalue weighted by Crippen LogP contribution is 2.29. The van der Waals surface area contributed by atoms with Crippen molar-refractivity contribution in [1.29, 1.82) is 0 Å². The van der Waals surface area contributed by atoms with Crippen LogP contribution in [0.3, 0.4) is 0 Å². The van der Waals surface area contributed by atoms with Crippen molar-refractivity contribution in [3.63, 3.8) is 0 Å². The lowest BCUT2D eigenvalue weighted by atomic mass is 9.84. The number of carbonyl (C=O) groups is 1. The molecule has 2 fully saturated rings. The predicted octanol–water partition coefficient (Wildman–Crippen LogP) is 2.53. The van der Waals surface area contributed by atoms with Gasteiger partial charge in [-0.2, -0.15) is 0 Å². The second-order valence-electron chi connectivity index (χ2n) is 8.01. The van der Waals surface area contributed by atoms with Crippen molar-refractivity contribution in [2.24, 2.45) is 5.92 Å². The first-order valence-electron chi connectivity index (χ1n) is 10.6. The summed E-state index contributed by atoms with van der Waals surface area (Å²) in [5.41, 5.74) is 1.21. The van der Waals surface area contributed by atoms with E-state index in [1.165, 1.54) is 31.5 Å². The van der Waals surface area contributed by atoms with E-state index in [4.69, 9.17) is 9.47 Å². The topological polar surface area (TPSA) is 54.0 Å². The zero-order valence-corrected chi connectivity index (χ0v) is 17.4. The smallest absolute Gasteiger partial charge is 0.246 e. The van der Waals surface area contributed by atoms with Crippen molar-refractivity contribution in [3.8, 4) is 5.75 Å². The van der Waals surface area contributed by atoms with Crippen molar-refractivity contribution >= 4 is 11.6 Å². The fraction of sp³-hybridized carbons (Fsp3) is 0.682. The Labute approximate surface area is 169 Å². The number of amides is 1. The molecule has 1 heterocycles. The Bertz CT molecular complexity index is 609. The molecule has 6 nitrogen and oxygen atoms in total. The van der Waals surface area contributed by atoms with Gasteiger partial charge in [-0.25, -0.2) is 0 Å². The van der Waals surface area contributed by atoms with Crippen molar-refractivity contribution in [1.82, 2.24) is 10.2 Å². The first-order valence-corrected chi connectivity index (χ1v) is 10.6. The molecule has 3 rings (SSSR count). The van der Waals surface area contributed by atoms with Crippen LogP contribution in [0.15, 0.2) is 24.3 Å². The number of nitrogens with zero attached hydrogens (tertiary/aromatic N) is 2. The van der Waals surface area contributed by atoms with Gasteiger partial charge in [0.05, 0.1) is 12.8 Å². The summed E-state index contributed by atoms with van der Waals surface area (Å²) in [7, 11) is 3.31. The molecule has 1 aromatic carbocycles. The Balaban J connectivity index is 1.34. The zero-order valence-electron chi connectivity index (χ0n) is 17.4. The maximum absolute atomic E-state index is 11.6. The van der Waals surface area contributed by atoms with Crippen molar-refractivity contribution < 1.29 is 14.3 Å². The molecule has 0 unspecified atom stereocenters. The average Bonchev–Trinajstić information content (AvgIpc) is 2.74. The molecule has 156 valence electrons. The SMILES string of the molecule is COCC(=O)N[C@H]1CC[C@H](CCN2CCN(c3ccccc3OC)CC2)CC1. The van der Waals surface area contributed by atoms with E-state index < -0.39 is 0 Å². The Morgan fingerprint density at radius 3 is 2.46 bits per heavy atom. The maximum Gasteiger partial charge on any atom is 0.246 e. The van der Waals surface area contributed by atoms with Crippen LogP contribution in [0.4, 0.5) is 5.69 Å². The summed E-state index contributed by atoms with van der Waals surface area (Å²) in [4.78, 5) is 16.7. The summed E-state index contributed by atoms with van der Waals surface area (Å²) < 4.78 is 10.4. The van der Waals surface area contributed by atoms with Crippen LogP contribution in [0.25, 0.3) is 0 Å². The molecule has 2 aliphatic rings. The Morgan fingerprint density at radius 2 is 1.79 bits per heavy atom. The molecule has 0 bridgehead atoms. The first kappa shape index (κ1) is 20.9. The second kappa shape index (κ2) is 10.7. The lowest BCUT2D eigenvalue weighted by Crippen LogP contribution is -2.47. The third-order valence-corrected chi connectivity index (χ3v) is 6.14. The molecule has 0 spiro atoms. The van der Waals surface area contributed by atoms with Crippen LogP contribution < -0.4 is 15.0 Å². The molecule has 1 amide bonds. The minimum absolute atomic E-state index is 0.0128. The third-order valence-electron chi connectivity index (χ3n) is 6.14. The minimum Gasteiger partial charge on any atom is -0.495 e. The van der Waals surface area contributed by atoms with Gasteiger partial charge in [0.2, 0.25) is 5.91 Å². The molecule has 1 N–H and O–H groups in total. The van der Waals surface area contributed by atoms with E-state index in [2.05, 4.69) is 27.2 Å². The molecule has 1 saturated carbocycles. The van der Waals surface area contributed by atoms with E-state index in [1.54, 1.807) is 14.2 Å². The quantitative estimate of drug-likeness (QED) is 0.740. The predicted molar refractivity (Wildman–Crippen MR) is 112 cm³/mol. The second-order valence-corrected chi connectivity index (χ2v) is 8.01.